The Morgan fingerprint density at radius 1 is 1.17 bits per heavy atom. The zero-order valence-electron chi connectivity index (χ0n) is 13.6. The monoisotopic (exact) mass is 319 g/mol. The van der Waals surface area contributed by atoms with Gasteiger partial charge >= 0.3 is 0 Å². The van der Waals surface area contributed by atoms with Crippen LogP contribution in [0.4, 0.5) is 5.69 Å². The Morgan fingerprint density at radius 2 is 1.87 bits per heavy atom. The third kappa shape index (κ3) is 5.56. The van der Waals surface area contributed by atoms with E-state index in [2.05, 4.69) is 10.6 Å². The summed E-state index contributed by atoms with van der Waals surface area (Å²) in [5, 5.41) is 5.87. The van der Waals surface area contributed by atoms with Crippen LogP contribution in [0.25, 0.3) is 0 Å². The normalized spacial score (nSPS) is 13.9. The Labute approximate surface area is 137 Å². The molecule has 0 spiro atoms. The van der Waals surface area contributed by atoms with Gasteiger partial charge < -0.3 is 20.3 Å². The summed E-state index contributed by atoms with van der Waals surface area (Å²) in [5.41, 5.74) is 1.52. The van der Waals surface area contributed by atoms with E-state index in [1.807, 2.05) is 17.0 Å². The third-order valence-corrected chi connectivity index (χ3v) is 3.83. The van der Waals surface area contributed by atoms with Crippen molar-refractivity contribution < 1.29 is 14.3 Å². The molecule has 0 saturated carbocycles. The highest BCUT2D eigenvalue weighted by molar-refractivity contribution is 5.94. The number of amides is 2. The van der Waals surface area contributed by atoms with Crippen molar-refractivity contribution in [2.75, 3.05) is 45.2 Å². The van der Waals surface area contributed by atoms with Crippen LogP contribution in [0.5, 0.6) is 0 Å². The van der Waals surface area contributed by atoms with Gasteiger partial charge in [0.15, 0.2) is 0 Å². The van der Waals surface area contributed by atoms with Gasteiger partial charge in [-0.25, -0.2) is 0 Å². The number of nitrogens with one attached hydrogen (secondary N) is 2. The summed E-state index contributed by atoms with van der Waals surface area (Å²) in [6.07, 6.45) is 2.98. The summed E-state index contributed by atoms with van der Waals surface area (Å²) in [6, 6.07) is 7.28. The van der Waals surface area contributed by atoms with Crippen molar-refractivity contribution in [2.24, 2.45) is 0 Å². The minimum Gasteiger partial charge on any atom is -0.385 e. The molecule has 2 N–H and O–H groups in total. The molecule has 6 nitrogen and oxygen atoms in total. The van der Waals surface area contributed by atoms with Gasteiger partial charge in [-0.1, -0.05) is 0 Å². The maximum atomic E-state index is 12.2. The number of hydrogen-bond donors (Lipinski definition) is 2. The molecule has 1 aliphatic rings. The number of benzene rings is 1. The number of carbonyl (C=O) groups excluding carboxylic acids is 2. The molecule has 0 aliphatic carbocycles. The first-order valence-corrected chi connectivity index (χ1v) is 8.09. The number of hydrogen-bond acceptors (Lipinski definition) is 4. The lowest BCUT2D eigenvalue weighted by Crippen LogP contribution is -2.31. The predicted octanol–water partition coefficient (Wildman–Crippen LogP) is 1.49. The highest BCUT2D eigenvalue weighted by Crippen LogP contribution is 2.15. The largest absolute Gasteiger partial charge is 0.385 e. The van der Waals surface area contributed by atoms with Crippen LogP contribution in [0.1, 0.15) is 29.6 Å². The van der Waals surface area contributed by atoms with Crippen molar-refractivity contribution in [3.63, 3.8) is 0 Å². The van der Waals surface area contributed by atoms with Gasteiger partial charge in [0.05, 0.1) is 6.54 Å². The van der Waals surface area contributed by atoms with Gasteiger partial charge in [-0.3, -0.25) is 9.59 Å². The fourth-order valence-electron chi connectivity index (χ4n) is 2.52. The van der Waals surface area contributed by atoms with E-state index in [-0.39, 0.29) is 18.4 Å². The lowest BCUT2D eigenvalue weighted by Gasteiger charge is -2.15. The molecular formula is C17H25N3O3. The van der Waals surface area contributed by atoms with Gasteiger partial charge in [0, 0.05) is 44.6 Å². The summed E-state index contributed by atoms with van der Waals surface area (Å²) in [7, 11) is 1.64. The molecule has 2 rings (SSSR count). The molecule has 0 radical (unpaired) electrons. The number of carbonyl (C=O) groups is 2. The number of methoxy groups -OCH3 is 1. The van der Waals surface area contributed by atoms with Crippen LogP contribution >= 0.6 is 0 Å². The first-order valence-electron chi connectivity index (χ1n) is 8.09. The highest BCUT2D eigenvalue weighted by Gasteiger charge is 2.19. The van der Waals surface area contributed by atoms with Gasteiger partial charge in [-0.2, -0.15) is 0 Å². The second-order valence-corrected chi connectivity index (χ2v) is 5.63. The Morgan fingerprint density at radius 3 is 2.52 bits per heavy atom. The summed E-state index contributed by atoms with van der Waals surface area (Å²) >= 11 is 0. The van der Waals surface area contributed by atoms with Crippen LogP contribution < -0.4 is 10.6 Å². The summed E-state index contributed by atoms with van der Waals surface area (Å²) in [5.74, 6) is 0.0308. The van der Waals surface area contributed by atoms with Crippen molar-refractivity contribution >= 4 is 17.5 Å². The van der Waals surface area contributed by atoms with E-state index in [9.17, 15) is 9.59 Å². The molecule has 1 heterocycles. The SMILES string of the molecule is COCCCNC(=O)CNc1ccc(C(=O)N2CCCC2)cc1. The van der Waals surface area contributed by atoms with E-state index in [1.165, 1.54) is 0 Å². The van der Waals surface area contributed by atoms with E-state index < -0.39 is 0 Å². The summed E-state index contributed by atoms with van der Waals surface area (Å²) in [4.78, 5) is 25.8. The van der Waals surface area contributed by atoms with Gasteiger partial charge in [-0.05, 0) is 43.5 Å². The zero-order chi connectivity index (χ0) is 16.5. The van der Waals surface area contributed by atoms with Gasteiger partial charge in [0.1, 0.15) is 0 Å². The van der Waals surface area contributed by atoms with Crippen LogP contribution in [0.3, 0.4) is 0 Å². The fourth-order valence-corrected chi connectivity index (χ4v) is 2.52. The molecule has 1 aliphatic heterocycles. The highest BCUT2D eigenvalue weighted by atomic mass is 16.5. The average Bonchev–Trinajstić information content (AvgIpc) is 3.11. The van der Waals surface area contributed by atoms with E-state index in [0.29, 0.717) is 18.7 Å². The van der Waals surface area contributed by atoms with Crippen molar-refractivity contribution in [3.8, 4) is 0 Å². The fraction of sp³-hybridized carbons (Fsp3) is 0.529. The lowest BCUT2D eigenvalue weighted by atomic mass is 10.2. The van der Waals surface area contributed by atoms with Gasteiger partial charge in [0.2, 0.25) is 5.91 Å². The molecule has 0 unspecified atom stereocenters. The third-order valence-electron chi connectivity index (χ3n) is 3.83. The van der Waals surface area contributed by atoms with E-state index in [0.717, 1.165) is 38.0 Å². The van der Waals surface area contributed by atoms with Crippen molar-refractivity contribution in [3.05, 3.63) is 29.8 Å². The molecule has 0 atom stereocenters. The first kappa shape index (κ1) is 17.3. The second-order valence-electron chi connectivity index (χ2n) is 5.63. The molecule has 2 amide bonds. The molecule has 1 aromatic rings. The Kier molecular flexibility index (Phi) is 6.87. The van der Waals surface area contributed by atoms with Crippen LogP contribution in [0.2, 0.25) is 0 Å². The quantitative estimate of drug-likeness (QED) is 0.712. The lowest BCUT2D eigenvalue weighted by molar-refractivity contribution is -0.119. The Bertz CT molecular complexity index is 510. The van der Waals surface area contributed by atoms with Crippen LogP contribution in [-0.2, 0) is 9.53 Å². The number of rotatable bonds is 8. The summed E-state index contributed by atoms with van der Waals surface area (Å²) in [6.45, 7) is 3.16. The molecule has 1 fully saturated rings. The second kappa shape index (κ2) is 9.15. The van der Waals surface area contributed by atoms with E-state index in [1.54, 1.807) is 19.2 Å². The molecule has 0 aromatic heterocycles. The van der Waals surface area contributed by atoms with Crippen molar-refractivity contribution in [1.82, 2.24) is 10.2 Å². The van der Waals surface area contributed by atoms with Crippen molar-refractivity contribution in [1.29, 1.82) is 0 Å². The van der Waals surface area contributed by atoms with E-state index >= 15 is 0 Å². The maximum absolute atomic E-state index is 12.2. The molecular weight excluding hydrogens is 294 g/mol. The van der Waals surface area contributed by atoms with Gasteiger partial charge in [-0.15, -0.1) is 0 Å². The summed E-state index contributed by atoms with van der Waals surface area (Å²) < 4.78 is 4.92. The maximum Gasteiger partial charge on any atom is 0.253 e. The van der Waals surface area contributed by atoms with Crippen LogP contribution in [-0.4, -0.2) is 56.6 Å². The Hall–Kier alpha value is -2.08. The minimum atomic E-state index is -0.0571. The molecule has 126 valence electrons. The molecule has 6 heteroatoms. The first-order chi connectivity index (χ1) is 11.2. The molecule has 23 heavy (non-hydrogen) atoms. The minimum absolute atomic E-state index is 0.0571. The molecule has 1 aromatic carbocycles. The smallest absolute Gasteiger partial charge is 0.253 e. The topological polar surface area (TPSA) is 70.7 Å². The van der Waals surface area contributed by atoms with Gasteiger partial charge in [0.25, 0.3) is 5.91 Å². The number of anilines is 1. The predicted molar refractivity (Wildman–Crippen MR) is 89.6 cm³/mol. The average molecular weight is 319 g/mol. The number of ether oxygens (including phenoxy) is 1. The zero-order valence-corrected chi connectivity index (χ0v) is 13.6. The molecule has 1 saturated heterocycles. The Balaban J connectivity index is 1.74. The van der Waals surface area contributed by atoms with E-state index in [4.69, 9.17) is 4.74 Å². The van der Waals surface area contributed by atoms with Crippen LogP contribution in [0, 0.1) is 0 Å². The number of nitrogens with zero attached hydrogens (tertiary/aromatic N) is 1. The van der Waals surface area contributed by atoms with Crippen LogP contribution in [0.15, 0.2) is 24.3 Å². The molecule has 0 bridgehead atoms. The van der Waals surface area contributed by atoms with Crippen molar-refractivity contribution in [2.45, 2.75) is 19.3 Å². The number of likely N-dealkylation sites (tertiary alicyclic amines) is 1. The standard InChI is InChI=1S/C17H25N3O3/c1-23-12-4-9-18-16(21)13-19-15-7-5-14(6-8-15)17(22)20-10-2-3-11-20/h5-8,19H,2-4,9-13H2,1H3,(H,18,21).